The third-order valence-corrected chi connectivity index (χ3v) is 6.29. The summed E-state index contributed by atoms with van der Waals surface area (Å²) in [6, 6.07) is 3.99. The van der Waals surface area contributed by atoms with Crippen LogP contribution in [0.4, 0.5) is 5.95 Å². The van der Waals surface area contributed by atoms with Crippen molar-refractivity contribution < 1.29 is 9.53 Å². The van der Waals surface area contributed by atoms with Gasteiger partial charge in [0.05, 0.1) is 18.8 Å². The van der Waals surface area contributed by atoms with Gasteiger partial charge >= 0.3 is 0 Å². The predicted octanol–water partition coefficient (Wildman–Crippen LogP) is 2.99. The summed E-state index contributed by atoms with van der Waals surface area (Å²) in [6.45, 7) is 7.03. The number of amides is 1. The zero-order valence-corrected chi connectivity index (χ0v) is 19.0. The maximum atomic E-state index is 12.9. The van der Waals surface area contributed by atoms with Crippen LogP contribution in [0.3, 0.4) is 0 Å². The number of hydrogen-bond donors (Lipinski definition) is 1. The lowest BCUT2D eigenvalue weighted by atomic mass is 10.1. The molecule has 8 nitrogen and oxygen atoms in total. The molecule has 0 unspecified atom stereocenters. The number of carbonyl (C=O) groups excluding carboxylic acids is 1. The number of rotatable bonds is 6. The van der Waals surface area contributed by atoms with Crippen molar-refractivity contribution in [1.82, 2.24) is 24.8 Å². The van der Waals surface area contributed by atoms with E-state index in [9.17, 15) is 4.79 Å². The van der Waals surface area contributed by atoms with Crippen molar-refractivity contribution in [3.8, 4) is 11.1 Å². The van der Waals surface area contributed by atoms with Gasteiger partial charge in [-0.2, -0.15) is 0 Å². The molecular formula is C24H34N6O2. The van der Waals surface area contributed by atoms with E-state index in [4.69, 9.17) is 15.5 Å². The first kappa shape index (κ1) is 22.6. The molecule has 0 aromatic carbocycles. The number of pyridine rings is 1. The third kappa shape index (κ3) is 6.01. The van der Waals surface area contributed by atoms with Crippen LogP contribution in [0.5, 0.6) is 0 Å². The molecule has 32 heavy (non-hydrogen) atoms. The minimum Gasteiger partial charge on any atom is -0.368 e. The summed E-state index contributed by atoms with van der Waals surface area (Å²) in [6.07, 6.45) is 9.95. The second-order valence-electron chi connectivity index (χ2n) is 8.81. The second-order valence-corrected chi connectivity index (χ2v) is 8.81. The SMILES string of the molecule is Cc1cc(-c2cnc(N)nc2)cc([C@@H]2CN(C(=O)CCCN3CCCCCC3)CCO2)n1. The van der Waals surface area contributed by atoms with Crippen molar-refractivity contribution in [2.45, 2.75) is 51.6 Å². The molecule has 1 amide bonds. The molecule has 2 fully saturated rings. The van der Waals surface area contributed by atoms with Crippen molar-refractivity contribution in [3.05, 3.63) is 35.9 Å². The van der Waals surface area contributed by atoms with Gasteiger partial charge in [-0.3, -0.25) is 9.78 Å². The van der Waals surface area contributed by atoms with E-state index in [1.807, 2.05) is 24.0 Å². The Hall–Kier alpha value is -2.58. The van der Waals surface area contributed by atoms with Crippen molar-refractivity contribution in [1.29, 1.82) is 0 Å². The van der Waals surface area contributed by atoms with Gasteiger partial charge in [0.15, 0.2) is 0 Å². The van der Waals surface area contributed by atoms with E-state index in [0.717, 1.165) is 35.5 Å². The number of nitrogens with zero attached hydrogens (tertiary/aromatic N) is 5. The third-order valence-electron chi connectivity index (χ3n) is 6.29. The molecule has 1 atom stereocenters. The van der Waals surface area contributed by atoms with E-state index in [1.54, 1.807) is 12.4 Å². The molecule has 0 spiro atoms. The monoisotopic (exact) mass is 438 g/mol. The maximum absolute atomic E-state index is 12.9. The minimum absolute atomic E-state index is 0.216. The topological polar surface area (TPSA) is 97.5 Å². The first-order chi connectivity index (χ1) is 15.6. The lowest BCUT2D eigenvalue weighted by Gasteiger charge is -2.33. The van der Waals surface area contributed by atoms with Crippen LogP contribution < -0.4 is 5.73 Å². The molecule has 4 rings (SSSR count). The van der Waals surface area contributed by atoms with Crippen LogP contribution in [0, 0.1) is 6.92 Å². The fourth-order valence-corrected chi connectivity index (χ4v) is 4.54. The van der Waals surface area contributed by atoms with Gasteiger partial charge in [-0.1, -0.05) is 12.8 Å². The molecule has 2 saturated heterocycles. The van der Waals surface area contributed by atoms with Gasteiger partial charge in [-0.05, 0) is 63.5 Å². The predicted molar refractivity (Wildman–Crippen MR) is 124 cm³/mol. The summed E-state index contributed by atoms with van der Waals surface area (Å²) in [5.74, 6) is 0.466. The normalized spacial score (nSPS) is 20.2. The van der Waals surface area contributed by atoms with Gasteiger partial charge in [0, 0.05) is 36.6 Å². The molecule has 2 aromatic rings. The number of aromatic nitrogens is 3. The molecule has 2 aliphatic heterocycles. The number of likely N-dealkylation sites (tertiary alicyclic amines) is 1. The molecule has 0 bridgehead atoms. The number of hydrogen-bond acceptors (Lipinski definition) is 7. The molecule has 0 radical (unpaired) electrons. The average Bonchev–Trinajstić information content (AvgIpc) is 3.08. The fraction of sp³-hybridized carbons (Fsp3) is 0.583. The van der Waals surface area contributed by atoms with Crippen LogP contribution in [0.1, 0.15) is 56.0 Å². The highest BCUT2D eigenvalue weighted by Crippen LogP contribution is 2.27. The number of nitrogens with two attached hydrogens (primary N) is 1. The van der Waals surface area contributed by atoms with E-state index in [-0.39, 0.29) is 18.0 Å². The quantitative estimate of drug-likeness (QED) is 0.740. The highest BCUT2D eigenvalue weighted by atomic mass is 16.5. The number of ether oxygens (including phenoxy) is 1. The molecular weight excluding hydrogens is 404 g/mol. The van der Waals surface area contributed by atoms with Gasteiger partial charge in [0.1, 0.15) is 6.10 Å². The van der Waals surface area contributed by atoms with Crippen molar-refractivity contribution in [2.75, 3.05) is 45.1 Å². The van der Waals surface area contributed by atoms with Crippen LogP contribution in [-0.4, -0.2) is 70.0 Å². The summed E-state index contributed by atoms with van der Waals surface area (Å²) >= 11 is 0. The summed E-state index contributed by atoms with van der Waals surface area (Å²) in [7, 11) is 0. The summed E-state index contributed by atoms with van der Waals surface area (Å²) < 4.78 is 6.01. The Balaban J connectivity index is 1.36. The summed E-state index contributed by atoms with van der Waals surface area (Å²) in [5.41, 5.74) is 9.18. The number of morpholine rings is 1. The standard InChI is InChI=1S/C24H34N6O2/c1-18-13-19(20-15-26-24(25)27-16-20)14-21(28-18)22-17-30(11-12-32-22)23(31)7-6-10-29-8-4-2-3-5-9-29/h13-16,22H,2-12,17H2,1H3,(H2,25,26,27)/t22-/m0/s1. The molecule has 8 heteroatoms. The smallest absolute Gasteiger partial charge is 0.222 e. The summed E-state index contributed by atoms with van der Waals surface area (Å²) in [4.78, 5) is 30.2. The van der Waals surface area contributed by atoms with Gasteiger partial charge in [-0.25, -0.2) is 9.97 Å². The highest BCUT2D eigenvalue weighted by Gasteiger charge is 2.26. The van der Waals surface area contributed by atoms with Crippen molar-refractivity contribution >= 4 is 11.9 Å². The first-order valence-corrected chi connectivity index (χ1v) is 11.8. The molecule has 2 aliphatic rings. The van der Waals surface area contributed by atoms with Gasteiger partial charge in [0.2, 0.25) is 11.9 Å². The zero-order chi connectivity index (χ0) is 22.3. The Morgan fingerprint density at radius 3 is 2.59 bits per heavy atom. The van der Waals surface area contributed by atoms with Crippen LogP contribution >= 0.6 is 0 Å². The van der Waals surface area contributed by atoms with E-state index >= 15 is 0 Å². The molecule has 4 heterocycles. The minimum atomic E-state index is -0.230. The number of anilines is 1. The number of aryl methyl sites for hydroxylation is 1. The Morgan fingerprint density at radius 2 is 1.84 bits per heavy atom. The Morgan fingerprint density at radius 1 is 1.09 bits per heavy atom. The van der Waals surface area contributed by atoms with Gasteiger partial charge in [0.25, 0.3) is 0 Å². The van der Waals surface area contributed by atoms with Crippen LogP contribution in [-0.2, 0) is 9.53 Å². The van der Waals surface area contributed by atoms with Crippen LogP contribution in [0.15, 0.2) is 24.5 Å². The van der Waals surface area contributed by atoms with Crippen LogP contribution in [0.2, 0.25) is 0 Å². The Labute approximate surface area is 190 Å². The van der Waals surface area contributed by atoms with Gasteiger partial charge in [-0.15, -0.1) is 0 Å². The molecule has 2 aromatic heterocycles. The lowest BCUT2D eigenvalue weighted by Crippen LogP contribution is -2.42. The Kier molecular flexibility index (Phi) is 7.65. The van der Waals surface area contributed by atoms with Crippen molar-refractivity contribution in [2.24, 2.45) is 0 Å². The maximum Gasteiger partial charge on any atom is 0.222 e. The lowest BCUT2D eigenvalue weighted by molar-refractivity contribution is -0.139. The van der Waals surface area contributed by atoms with E-state index in [0.29, 0.717) is 26.1 Å². The van der Waals surface area contributed by atoms with Gasteiger partial charge < -0.3 is 20.3 Å². The second kappa shape index (κ2) is 10.8. The fourth-order valence-electron chi connectivity index (χ4n) is 4.54. The number of nitrogen functional groups attached to an aromatic ring is 1. The molecule has 2 N–H and O–H groups in total. The van der Waals surface area contributed by atoms with Crippen molar-refractivity contribution in [3.63, 3.8) is 0 Å². The molecule has 0 saturated carbocycles. The molecule has 0 aliphatic carbocycles. The average molecular weight is 439 g/mol. The molecule has 172 valence electrons. The van der Waals surface area contributed by atoms with Crippen LogP contribution in [0.25, 0.3) is 11.1 Å². The largest absolute Gasteiger partial charge is 0.368 e. The van der Waals surface area contributed by atoms with E-state index < -0.39 is 0 Å². The van der Waals surface area contributed by atoms with E-state index in [1.165, 1.54) is 38.8 Å². The number of carbonyl (C=O) groups is 1. The zero-order valence-electron chi connectivity index (χ0n) is 19.0. The Bertz CT molecular complexity index is 896. The summed E-state index contributed by atoms with van der Waals surface area (Å²) in [5, 5.41) is 0. The highest BCUT2D eigenvalue weighted by molar-refractivity contribution is 5.76. The van der Waals surface area contributed by atoms with E-state index in [2.05, 4.69) is 14.9 Å². The first-order valence-electron chi connectivity index (χ1n) is 11.8.